The molecular formula is C13H9Cl2N3OS. The second kappa shape index (κ2) is 6.17. The van der Waals surface area contributed by atoms with Crippen LogP contribution in [0.1, 0.15) is 10.4 Å². The van der Waals surface area contributed by atoms with Gasteiger partial charge in [0.15, 0.2) is 5.13 Å². The number of nitrogens with one attached hydrogen (secondary N) is 1. The number of thiazole rings is 1. The summed E-state index contributed by atoms with van der Waals surface area (Å²) in [7, 11) is 0. The van der Waals surface area contributed by atoms with Crippen molar-refractivity contribution in [1.29, 1.82) is 0 Å². The molecule has 0 fully saturated rings. The summed E-state index contributed by atoms with van der Waals surface area (Å²) in [5.41, 5.74) is 1.32. The molecule has 3 rings (SSSR count). The molecule has 1 amide bonds. The smallest absolute Gasteiger partial charge is 0.259 e. The van der Waals surface area contributed by atoms with Crippen molar-refractivity contribution >= 4 is 56.6 Å². The Morgan fingerprint density at radius 3 is 2.90 bits per heavy atom. The third-order valence-corrected chi connectivity index (χ3v) is 3.66. The number of fused-ring (bicyclic) bond motifs is 1. The molecule has 102 valence electrons. The summed E-state index contributed by atoms with van der Waals surface area (Å²) in [6.07, 6.45) is 3.13. The summed E-state index contributed by atoms with van der Waals surface area (Å²) in [5.74, 6) is -0.224. The number of benzene rings is 1. The first-order valence-corrected chi connectivity index (χ1v) is 6.69. The van der Waals surface area contributed by atoms with E-state index in [-0.39, 0.29) is 18.3 Å². The lowest BCUT2D eigenvalue weighted by Crippen LogP contribution is -2.11. The summed E-state index contributed by atoms with van der Waals surface area (Å²) in [5, 5.41) is 3.95. The van der Waals surface area contributed by atoms with Crippen LogP contribution in [0.3, 0.4) is 0 Å². The molecule has 0 aliphatic carbocycles. The molecule has 0 atom stereocenters. The number of carbonyl (C=O) groups excluding carboxylic acids is 1. The summed E-state index contributed by atoms with van der Waals surface area (Å²) in [6.45, 7) is 0. The molecule has 0 saturated heterocycles. The SMILES string of the molecule is Cl.O=C(Nc1nc2ccc(Cl)cc2s1)c1cccnc1. The average Bonchev–Trinajstić information content (AvgIpc) is 2.81. The number of rotatable bonds is 2. The van der Waals surface area contributed by atoms with E-state index in [1.54, 1.807) is 24.4 Å². The molecule has 1 N–H and O–H groups in total. The first-order valence-electron chi connectivity index (χ1n) is 5.50. The van der Waals surface area contributed by atoms with Crippen LogP contribution in [0.15, 0.2) is 42.7 Å². The second-order valence-corrected chi connectivity index (χ2v) is 5.29. The molecule has 0 aliphatic heterocycles. The maximum atomic E-state index is 11.9. The minimum absolute atomic E-state index is 0. The fourth-order valence-electron chi connectivity index (χ4n) is 1.62. The third kappa shape index (κ3) is 3.07. The highest BCUT2D eigenvalue weighted by atomic mass is 35.5. The van der Waals surface area contributed by atoms with Crippen LogP contribution in [0, 0.1) is 0 Å². The van der Waals surface area contributed by atoms with Gasteiger partial charge in [-0.2, -0.15) is 0 Å². The van der Waals surface area contributed by atoms with Gasteiger partial charge in [0.2, 0.25) is 0 Å². The third-order valence-electron chi connectivity index (χ3n) is 2.49. The average molecular weight is 326 g/mol. The Morgan fingerprint density at radius 2 is 2.15 bits per heavy atom. The lowest BCUT2D eigenvalue weighted by atomic mass is 10.3. The minimum atomic E-state index is -0.224. The molecule has 2 aromatic heterocycles. The maximum Gasteiger partial charge on any atom is 0.259 e. The van der Waals surface area contributed by atoms with Crippen molar-refractivity contribution in [2.45, 2.75) is 0 Å². The maximum absolute atomic E-state index is 11.9. The molecule has 7 heteroatoms. The van der Waals surface area contributed by atoms with Crippen LogP contribution in [0.25, 0.3) is 10.2 Å². The van der Waals surface area contributed by atoms with Gasteiger partial charge in [0.1, 0.15) is 0 Å². The molecule has 0 spiro atoms. The fraction of sp³-hybridized carbons (Fsp3) is 0. The predicted octanol–water partition coefficient (Wildman–Crippen LogP) is 4.02. The molecule has 0 saturated carbocycles. The number of aromatic nitrogens is 2. The minimum Gasteiger partial charge on any atom is -0.298 e. The quantitative estimate of drug-likeness (QED) is 0.774. The van der Waals surface area contributed by atoms with E-state index >= 15 is 0 Å². The van der Waals surface area contributed by atoms with Crippen molar-refractivity contribution < 1.29 is 4.79 Å². The molecule has 2 heterocycles. The van der Waals surface area contributed by atoms with Gasteiger partial charge in [-0.1, -0.05) is 22.9 Å². The Kier molecular flexibility index (Phi) is 4.54. The Hall–Kier alpha value is -1.69. The van der Waals surface area contributed by atoms with Gasteiger partial charge in [-0.15, -0.1) is 12.4 Å². The predicted molar refractivity (Wildman–Crippen MR) is 84.1 cm³/mol. The van der Waals surface area contributed by atoms with E-state index in [0.717, 1.165) is 10.2 Å². The Balaban J connectivity index is 0.00000147. The highest BCUT2D eigenvalue weighted by molar-refractivity contribution is 7.22. The highest BCUT2D eigenvalue weighted by Crippen LogP contribution is 2.28. The van der Waals surface area contributed by atoms with Crippen molar-refractivity contribution in [2.75, 3.05) is 5.32 Å². The van der Waals surface area contributed by atoms with E-state index in [1.807, 2.05) is 12.1 Å². The van der Waals surface area contributed by atoms with E-state index in [1.165, 1.54) is 17.5 Å². The molecule has 0 unspecified atom stereocenters. The summed E-state index contributed by atoms with van der Waals surface area (Å²) >= 11 is 7.30. The molecule has 0 aliphatic rings. The van der Waals surface area contributed by atoms with Crippen LogP contribution in [0.2, 0.25) is 5.02 Å². The lowest BCUT2D eigenvalue weighted by Gasteiger charge is -1.99. The number of hydrogen-bond donors (Lipinski definition) is 1. The monoisotopic (exact) mass is 325 g/mol. The Morgan fingerprint density at radius 1 is 1.30 bits per heavy atom. The number of carbonyl (C=O) groups is 1. The van der Waals surface area contributed by atoms with E-state index < -0.39 is 0 Å². The number of amides is 1. The zero-order valence-electron chi connectivity index (χ0n) is 10.0. The Bertz CT molecular complexity index is 746. The first kappa shape index (κ1) is 14.7. The van der Waals surface area contributed by atoms with Gasteiger partial charge in [-0.05, 0) is 30.3 Å². The zero-order chi connectivity index (χ0) is 13.2. The molecule has 3 aromatic rings. The number of halogens is 2. The van der Waals surface area contributed by atoms with Crippen LogP contribution in [0.5, 0.6) is 0 Å². The van der Waals surface area contributed by atoms with Gasteiger partial charge < -0.3 is 0 Å². The molecule has 0 radical (unpaired) electrons. The van der Waals surface area contributed by atoms with Crippen LogP contribution < -0.4 is 5.32 Å². The van der Waals surface area contributed by atoms with Crippen molar-refractivity contribution in [1.82, 2.24) is 9.97 Å². The molecular weight excluding hydrogens is 317 g/mol. The van der Waals surface area contributed by atoms with Gasteiger partial charge >= 0.3 is 0 Å². The van der Waals surface area contributed by atoms with E-state index in [0.29, 0.717) is 15.7 Å². The largest absolute Gasteiger partial charge is 0.298 e. The van der Waals surface area contributed by atoms with Gasteiger partial charge in [0, 0.05) is 17.4 Å². The standard InChI is InChI=1S/C13H8ClN3OS.ClH/c14-9-3-4-10-11(6-9)19-13(16-10)17-12(18)8-2-1-5-15-7-8;/h1-7H,(H,16,17,18);1H. The fourth-order valence-corrected chi connectivity index (χ4v) is 2.76. The normalized spacial score (nSPS) is 10.1. The van der Waals surface area contributed by atoms with Gasteiger partial charge in [-0.3, -0.25) is 15.1 Å². The van der Waals surface area contributed by atoms with Crippen LogP contribution in [0.4, 0.5) is 5.13 Å². The Labute approximate surface area is 130 Å². The summed E-state index contributed by atoms with van der Waals surface area (Å²) in [6, 6.07) is 8.85. The van der Waals surface area contributed by atoms with Crippen molar-refractivity contribution in [3.05, 3.63) is 53.3 Å². The number of anilines is 1. The van der Waals surface area contributed by atoms with E-state index in [9.17, 15) is 4.79 Å². The van der Waals surface area contributed by atoms with Crippen molar-refractivity contribution in [3.63, 3.8) is 0 Å². The van der Waals surface area contributed by atoms with Crippen LogP contribution in [-0.4, -0.2) is 15.9 Å². The van der Waals surface area contributed by atoms with Crippen LogP contribution in [-0.2, 0) is 0 Å². The van der Waals surface area contributed by atoms with Crippen molar-refractivity contribution in [3.8, 4) is 0 Å². The van der Waals surface area contributed by atoms with Gasteiger partial charge in [0.05, 0.1) is 15.8 Å². The second-order valence-electron chi connectivity index (χ2n) is 3.83. The molecule has 0 bridgehead atoms. The molecule has 20 heavy (non-hydrogen) atoms. The molecule has 4 nitrogen and oxygen atoms in total. The number of pyridine rings is 1. The zero-order valence-corrected chi connectivity index (χ0v) is 12.4. The topological polar surface area (TPSA) is 54.9 Å². The lowest BCUT2D eigenvalue weighted by molar-refractivity contribution is 0.102. The number of nitrogens with zero attached hydrogens (tertiary/aromatic N) is 2. The first-order chi connectivity index (χ1) is 9.22. The summed E-state index contributed by atoms with van der Waals surface area (Å²) in [4.78, 5) is 20.2. The van der Waals surface area contributed by atoms with E-state index in [4.69, 9.17) is 11.6 Å². The van der Waals surface area contributed by atoms with Crippen molar-refractivity contribution in [2.24, 2.45) is 0 Å². The van der Waals surface area contributed by atoms with Gasteiger partial charge in [-0.25, -0.2) is 4.98 Å². The summed E-state index contributed by atoms with van der Waals surface area (Å²) < 4.78 is 0.939. The number of hydrogen-bond acceptors (Lipinski definition) is 4. The van der Waals surface area contributed by atoms with E-state index in [2.05, 4.69) is 15.3 Å². The van der Waals surface area contributed by atoms with Crippen LogP contribution >= 0.6 is 35.3 Å². The highest BCUT2D eigenvalue weighted by Gasteiger charge is 2.09. The molecule has 1 aromatic carbocycles. The van der Waals surface area contributed by atoms with Gasteiger partial charge in [0.25, 0.3) is 5.91 Å².